The van der Waals surface area contributed by atoms with Crippen LogP contribution in [0, 0.1) is 5.41 Å². The van der Waals surface area contributed by atoms with Crippen LogP contribution >= 0.6 is 0 Å². The SMILES string of the molecule is CC1(C)CCCN(S(=O)(=O)c2ccc(O)c(N)c2)C1. The van der Waals surface area contributed by atoms with Crippen LogP contribution in [0.3, 0.4) is 0 Å². The van der Waals surface area contributed by atoms with Gasteiger partial charge in [-0.3, -0.25) is 0 Å². The highest BCUT2D eigenvalue weighted by Gasteiger charge is 2.34. The van der Waals surface area contributed by atoms with Gasteiger partial charge in [-0.05, 0) is 36.5 Å². The van der Waals surface area contributed by atoms with E-state index in [4.69, 9.17) is 5.73 Å². The van der Waals surface area contributed by atoms with Crippen molar-refractivity contribution in [2.45, 2.75) is 31.6 Å². The Hall–Kier alpha value is -1.27. The molecule has 1 fully saturated rings. The summed E-state index contributed by atoms with van der Waals surface area (Å²) in [6.07, 6.45) is 1.89. The number of aromatic hydroxyl groups is 1. The number of hydrogen-bond donors (Lipinski definition) is 2. The molecule has 5 nitrogen and oxygen atoms in total. The second-order valence-electron chi connectivity index (χ2n) is 5.83. The second-order valence-corrected chi connectivity index (χ2v) is 7.76. The molecule has 6 heteroatoms. The van der Waals surface area contributed by atoms with E-state index in [1.807, 2.05) is 0 Å². The summed E-state index contributed by atoms with van der Waals surface area (Å²) in [5.41, 5.74) is 5.64. The zero-order valence-corrected chi connectivity index (χ0v) is 12.1. The molecule has 0 atom stereocenters. The van der Waals surface area contributed by atoms with Gasteiger partial charge >= 0.3 is 0 Å². The van der Waals surface area contributed by atoms with Crippen molar-refractivity contribution >= 4 is 15.7 Å². The van der Waals surface area contributed by atoms with Gasteiger partial charge in [0.1, 0.15) is 5.75 Å². The molecule has 0 spiro atoms. The average Bonchev–Trinajstić information content (AvgIpc) is 2.31. The quantitative estimate of drug-likeness (QED) is 0.640. The molecule has 1 aromatic rings. The van der Waals surface area contributed by atoms with Crippen LogP contribution in [0.2, 0.25) is 0 Å². The normalized spacial score (nSPS) is 20.3. The Morgan fingerprint density at radius 3 is 2.63 bits per heavy atom. The van der Waals surface area contributed by atoms with Crippen LogP contribution in [-0.4, -0.2) is 30.9 Å². The van der Waals surface area contributed by atoms with Gasteiger partial charge in [0.15, 0.2) is 0 Å². The molecule has 0 amide bonds. The summed E-state index contributed by atoms with van der Waals surface area (Å²) in [6, 6.07) is 4.02. The van der Waals surface area contributed by atoms with Gasteiger partial charge in [-0.15, -0.1) is 0 Å². The minimum Gasteiger partial charge on any atom is -0.506 e. The fourth-order valence-corrected chi connectivity index (χ4v) is 4.12. The molecular weight excluding hydrogens is 264 g/mol. The molecule has 1 aliphatic rings. The zero-order chi connectivity index (χ0) is 14.3. The summed E-state index contributed by atoms with van der Waals surface area (Å²) < 4.78 is 26.6. The first-order valence-corrected chi connectivity index (χ1v) is 7.75. The minimum absolute atomic E-state index is 0.00617. The summed E-state index contributed by atoms with van der Waals surface area (Å²) in [4.78, 5) is 0.139. The Morgan fingerprint density at radius 1 is 1.37 bits per heavy atom. The van der Waals surface area contributed by atoms with Gasteiger partial charge in [-0.2, -0.15) is 4.31 Å². The zero-order valence-electron chi connectivity index (χ0n) is 11.3. The maximum atomic E-state index is 12.5. The number of hydrogen-bond acceptors (Lipinski definition) is 4. The third-order valence-electron chi connectivity index (χ3n) is 3.50. The highest BCUT2D eigenvalue weighted by Crippen LogP contribution is 2.33. The van der Waals surface area contributed by atoms with Gasteiger partial charge in [0.2, 0.25) is 10.0 Å². The van der Waals surface area contributed by atoms with E-state index in [1.165, 1.54) is 22.5 Å². The Kier molecular flexibility index (Phi) is 3.49. The van der Waals surface area contributed by atoms with Gasteiger partial charge in [-0.25, -0.2) is 8.42 Å². The minimum atomic E-state index is -3.53. The van der Waals surface area contributed by atoms with Crippen molar-refractivity contribution in [1.82, 2.24) is 4.31 Å². The molecule has 1 saturated heterocycles. The summed E-state index contributed by atoms with van der Waals surface area (Å²) in [7, 11) is -3.53. The van der Waals surface area contributed by atoms with Gasteiger partial charge in [0.05, 0.1) is 10.6 Å². The van der Waals surface area contributed by atoms with E-state index in [0.717, 1.165) is 12.8 Å². The van der Waals surface area contributed by atoms with E-state index in [-0.39, 0.29) is 21.7 Å². The number of nitrogens with two attached hydrogens (primary N) is 1. The van der Waals surface area contributed by atoms with Crippen LogP contribution in [0.4, 0.5) is 5.69 Å². The van der Waals surface area contributed by atoms with Crippen molar-refractivity contribution in [2.75, 3.05) is 18.8 Å². The predicted octanol–water partition coefficient (Wildman–Crippen LogP) is 1.79. The van der Waals surface area contributed by atoms with Crippen molar-refractivity contribution in [3.8, 4) is 5.75 Å². The van der Waals surface area contributed by atoms with Crippen molar-refractivity contribution in [1.29, 1.82) is 0 Å². The molecule has 3 N–H and O–H groups in total. The van der Waals surface area contributed by atoms with Crippen molar-refractivity contribution in [3.63, 3.8) is 0 Å². The summed E-state index contributed by atoms with van der Waals surface area (Å²) in [5.74, 6) is -0.0991. The fourth-order valence-electron chi connectivity index (χ4n) is 2.42. The number of benzene rings is 1. The fraction of sp³-hybridized carbons (Fsp3) is 0.538. The van der Waals surface area contributed by atoms with Crippen molar-refractivity contribution in [2.24, 2.45) is 5.41 Å². The van der Waals surface area contributed by atoms with Crippen LogP contribution in [-0.2, 0) is 10.0 Å². The molecule has 0 unspecified atom stereocenters. The Morgan fingerprint density at radius 2 is 2.05 bits per heavy atom. The number of phenols is 1. The van der Waals surface area contributed by atoms with Gasteiger partial charge in [0.25, 0.3) is 0 Å². The molecule has 1 aliphatic heterocycles. The number of rotatable bonds is 2. The maximum absolute atomic E-state index is 12.5. The number of sulfonamides is 1. The first-order chi connectivity index (χ1) is 8.72. The van der Waals surface area contributed by atoms with Crippen LogP contribution in [0.25, 0.3) is 0 Å². The first kappa shape index (κ1) is 14.1. The highest BCUT2D eigenvalue weighted by atomic mass is 32.2. The van der Waals surface area contributed by atoms with Gasteiger partial charge in [0, 0.05) is 13.1 Å². The number of nitrogens with zero attached hydrogens (tertiary/aromatic N) is 1. The number of phenolic OH excluding ortho intramolecular Hbond substituents is 1. The number of piperidine rings is 1. The molecule has 2 rings (SSSR count). The van der Waals surface area contributed by atoms with Crippen LogP contribution in [0.15, 0.2) is 23.1 Å². The monoisotopic (exact) mass is 284 g/mol. The smallest absolute Gasteiger partial charge is 0.243 e. The van der Waals surface area contributed by atoms with Crippen LogP contribution < -0.4 is 5.73 Å². The predicted molar refractivity (Wildman–Crippen MR) is 74.3 cm³/mol. The first-order valence-electron chi connectivity index (χ1n) is 6.31. The molecule has 0 bridgehead atoms. The van der Waals surface area contributed by atoms with Crippen molar-refractivity contribution < 1.29 is 13.5 Å². The molecule has 1 heterocycles. The molecular formula is C13H20N2O3S. The van der Waals surface area contributed by atoms with E-state index in [1.54, 1.807) is 0 Å². The van der Waals surface area contributed by atoms with E-state index in [0.29, 0.717) is 13.1 Å². The third kappa shape index (κ3) is 2.84. The highest BCUT2D eigenvalue weighted by molar-refractivity contribution is 7.89. The second kappa shape index (κ2) is 4.68. The molecule has 1 aromatic carbocycles. The lowest BCUT2D eigenvalue weighted by molar-refractivity contribution is 0.187. The summed E-state index contributed by atoms with van der Waals surface area (Å²) in [6.45, 7) is 5.18. The van der Waals surface area contributed by atoms with Crippen LogP contribution in [0.1, 0.15) is 26.7 Å². The lowest BCUT2D eigenvalue weighted by atomic mass is 9.85. The van der Waals surface area contributed by atoms with E-state index >= 15 is 0 Å². The molecule has 19 heavy (non-hydrogen) atoms. The van der Waals surface area contributed by atoms with Crippen LogP contribution in [0.5, 0.6) is 5.75 Å². The topological polar surface area (TPSA) is 83.6 Å². The number of nitrogen functional groups attached to an aromatic ring is 1. The lowest BCUT2D eigenvalue weighted by Crippen LogP contribution is -2.43. The molecule has 0 radical (unpaired) electrons. The average molecular weight is 284 g/mol. The van der Waals surface area contributed by atoms with Crippen molar-refractivity contribution in [3.05, 3.63) is 18.2 Å². The standard InChI is InChI=1S/C13H20N2O3S/c1-13(2)6-3-7-15(9-13)19(17,18)10-4-5-12(16)11(14)8-10/h4-5,8,16H,3,6-7,9,14H2,1-2H3. The molecule has 0 saturated carbocycles. The summed E-state index contributed by atoms with van der Waals surface area (Å²) in [5, 5.41) is 9.37. The third-order valence-corrected chi connectivity index (χ3v) is 5.34. The Balaban J connectivity index is 2.34. The van der Waals surface area contributed by atoms with Gasteiger partial charge < -0.3 is 10.8 Å². The Labute approximate surface area is 114 Å². The molecule has 0 aromatic heterocycles. The van der Waals surface area contributed by atoms with Gasteiger partial charge in [-0.1, -0.05) is 13.8 Å². The summed E-state index contributed by atoms with van der Waals surface area (Å²) >= 11 is 0. The Bertz CT molecular complexity index is 582. The maximum Gasteiger partial charge on any atom is 0.243 e. The number of anilines is 1. The largest absolute Gasteiger partial charge is 0.506 e. The van der Waals surface area contributed by atoms with E-state index in [9.17, 15) is 13.5 Å². The van der Waals surface area contributed by atoms with E-state index < -0.39 is 10.0 Å². The lowest BCUT2D eigenvalue weighted by Gasteiger charge is -2.37. The van der Waals surface area contributed by atoms with E-state index in [2.05, 4.69) is 13.8 Å². The molecule has 0 aliphatic carbocycles. The molecule has 106 valence electrons.